The van der Waals surface area contributed by atoms with Crippen LogP contribution in [0.5, 0.6) is 0 Å². The van der Waals surface area contributed by atoms with E-state index in [-0.39, 0.29) is 12.2 Å². The Morgan fingerprint density at radius 1 is 1.71 bits per heavy atom. The van der Waals surface area contributed by atoms with Crippen LogP contribution in [0.2, 0.25) is 0 Å². The lowest BCUT2D eigenvalue weighted by Crippen LogP contribution is -2.02. The maximum atomic E-state index is 10.8. The highest BCUT2D eigenvalue weighted by Gasteiger charge is 2.18. The van der Waals surface area contributed by atoms with Gasteiger partial charge in [-0.15, -0.1) is 0 Å². The van der Waals surface area contributed by atoms with Crippen molar-refractivity contribution in [2.45, 2.75) is 6.61 Å². The molecule has 0 amide bonds. The van der Waals surface area contributed by atoms with Crippen molar-refractivity contribution in [1.29, 1.82) is 0 Å². The van der Waals surface area contributed by atoms with Crippen molar-refractivity contribution in [2.24, 2.45) is 7.05 Å². The van der Waals surface area contributed by atoms with E-state index in [4.69, 9.17) is 9.84 Å². The Kier molecular flexibility index (Phi) is 3.03. The number of carboxylic acids is 1. The molecule has 0 aromatic carbocycles. The summed E-state index contributed by atoms with van der Waals surface area (Å²) in [7, 11) is 3.07. The van der Waals surface area contributed by atoms with Crippen LogP contribution in [0.25, 0.3) is 0 Å². The summed E-state index contributed by atoms with van der Waals surface area (Å²) in [5.41, 5.74) is 0.859. The summed E-state index contributed by atoms with van der Waals surface area (Å²) in [5.74, 6) is -1.05. The molecule has 0 aliphatic rings. The molecule has 0 saturated carbocycles. The van der Waals surface area contributed by atoms with E-state index >= 15 is 0 Å². The molecule has 1 heterocycles. The topological polar surface area (TPSA) is 68.5 Å². The highest BCUT2D eigenvalue weighted by Crippen LogP contribution is 2.16. The van der Waals surface area contributed by atoms with E-state index in [1.807, 2.05) is 0 Å². The van der Waals surface area contributed by atoms with Crippen LogP contribution < -0.4 is 0 Å². The zero-order valence-corrected chi connectivity index (χ0v) is 7.98. The molecule has 1 aromatic heterocycles. The number of hydrogen-bond donors (Lipinski definition) is 1. The molecule has 0 radical (unpaired) electrons. The quantitative estimate of drug-likeness (QED) is 0.721. The normalized spacial score (nSPS) is 10.1. The van der Waals surface area contributed by atoms with Crippen LogP contribution in [-0.4, -0.2) is 29.0 Å². The van der Waals surface area contributed by atoms with Gasteiger partial charge in [-0.05, 0) is 0 Å². The SMILES string of the molecule is COCc1c(C(=O)O)cn(C)c1C=O. The lowest BCUT2D eigenvalue weighted by atomic mass is 10.1. The third kappa shape index (κ3) is 1.67. The van der Waals surface area contributed by atoms with E-state index in [1.54, 1.807) is 7.05 Å². The number of aldehydes is 1. The van der Waals surface area contributed by atoms with Crippen LogP contribution in [0, 0.1) is 0 Å². The molecule has 14 heavy (non-hydrogen) atoms. The van der Waals surface area contributed by atoms with Crippen LogP contribution in [0.4, 0.5) is 0 Å². The molecule has 1 rings (SSSR count). The second-order valence-corrected chi connectivity index (χ2v) is 2.87. The number of aromatic carboxylic acids is 1. The molecule has 0 bridgehead atoms. The average Bonchev–Trinajstić information content (AvgIpc) is 2.43. The van der Waals surface area contributed by atoms with Crippen molar-refractivity contribution >= 4 is 12.3 Å². The van der Waals surface area contributed by atoms with Gasteiger partial charge in [0.25, 0.3) is 0 Å². The molecule has 76 valence electrons. The maximum absolute atomic E-state index is 10.8. The number of hydrogen-bond acceptors (Lipinski definition) is 3. The third-order valence-electron chi connectivity index (χ3n) is 1.97. The zero-order chi connectivity index (χ0) is 10.7. The second kappa shape index (κ2) is 4.06. The summed E-state index contributed by atoms with van der Waals surface area (Å²) in [6.07, 6.45) is 2.03. The van der Waals surface area contributed by atoms with E-state index in [9.17, 15) is 9.59 Å². The number of ether oxygens (including phenoxy) is 1. The van der Waals surface area contributed by atoms with E-state index in [0.717, 1.165) is 0 Å². The van der Waals surface area contributed by atoms with E-state index < -0.39 is 5.97 Å². The molecule has 1 N–H and O–H groups in total. The van der Waals surface area contributed by atoms with Crippen molar-refractivity contribution in [2.75, 3.05) is 7.11 Å². The zero-order valence-electron chi connectivity index (χ0n) is 7.98. The molecule has 5 nitrogen and oxygen atoms in total. The molecule has 0 aliphatic heterocycles. The minimum atomic E-state index is -1.05. The Morgan fingerprint density at radius 3 is 2.79 bits per heavy atom. The predicted octanol–water partition coefficient (Wildman–Crippen LogP) is 0.682. The Morgan fingerprint density at radius 2 is 2.36 bits per heavy atom. The first-order chi connectivity index (χ1) is 6.61. The number of aromatic nitrogens is 1. The first kappa shape index (κ1) is 10.5. The number of nitrogens with zero attached hydrogens (tertiary/aromatic N) is 1. The largest absolute Gasteiger partial charge is 0.478 e. The van der Waals surface area contributed by atoms with Crippen molar-refractivity contribution in [3.8, 4) is 0 Å². The molecule has 0 atom stereocenters. The lowest BCUT2D eigenvalue weighted by Gasteiger charge is -2.00. The van der Waals surface area contributed by atoms with Gasteiger partial charge in [-0.25, -0.2) is 4.79 Å². The Bertz CT molecular complexity index is 367. The molecule has 0 unspecified atom stereocenters. The van der Waals surface area contributed by atoms with Crippen LogP contribution >= 0.6 is 0 Å². The van der Waals surface area contributed by atoms with Gasteiger partial charge < -0.3 is 14.4 Å². The number of methoxy groups -OCH3 is 1. The van der Waals surface area contributed by atoms with Gasteiger partial charge in [0, 0.05) is 25.9 Å². The van der Waals surface area contributed by atoms with Gasteiger partial charge in [0.1, 0.15) is 0 Å². The van der Waals surface area contributed by atoms with Crippen LogP contribution in [0.15, 0.2) is 6.20 Å². The van der Waals surface area contributed by atoms with E-state index in [0.29, 0.717) is 17.5 Å². The summed E-state index contributed by atoms with van der Waals surface area (Å²) in [4.78, 5) is 21.5. The van der Waals surface area contributed by atoms with Crippen molar-refractivity contribution < 1.29 is 19.4 Å². The molecule has 1 aromatic rings. The highest BCUT2D eigenvalue weighted by atomic mass is 16.5. The number of aryl methyl sites for hydroxylation is 1. The predicted molar refractivity (Wildman–Crippen MR) is 48.5 cm³/mol. The number of rotatable bonds is 4. The summed E-state index contributed by atoms with van der Waals surface area (Å²) >= 11 is 0. The summed E-state index contributed by atoms with van der Waals surface area (Å²) in [6.45, 7) is 0.122. The number of carbonyl (C=O) groups is 2. The molecule has 0 saturated heterocycles. The molecule has 0 spiro atoms. The second-order valence-electron chi connectivity index (χ2n) is 2.87. The van der Waals surface area contributed by atoms with Gasteiger partial charge in [0.2, 0.25) is 0 Å². The highest BCUT2D eigenvalue weighted by molar-refractivity contribution is 5.92. The fourth-order valence-corrected chi connectivity index (χ4v) is 1.33. The Balaban J connectivity index is 3.29. The minimum Gasteiger partial charge on any atom is -0.478 e. The molecule has 0 fully saturated rings. The fraction of sp³-hybridized carbons (Fsp3) is 0.333. The van der Waals surface area contributed by atoms with E-state index in [1.165, 1.54) is 17.9 Å². The summed E-state index contributed by atoms with van der Waals surface area (Å²) in [5, 5.41) is 8.84. The van der Waals surface area contributed by atoms with Crippen LogP contribution in [0.3, 0.4) is 0 Å². The Labute approximate surface area is 80.9 Å². The first-order valence-electron chi connectivity index (χ1n) is 3.97. The fourth-order valence-electron chi connectivity index (χ4n) is 1.33. The van der Waals surface area contributed by atoms with Gasteiger partial charge in [0.05, 0.1) is 17.9 Å². The van der Waals surface area contributed by atoms with Crippen molar-refractivity contribution in [3.63, 3.8) is 0 Å². The van der Waals surface area contributed by atoms with Gasteiger partial charge in [0.15, 0.2) is 6.29 Å². The minimum absolute atomic E-state index is 0.108. The van der Waals surface area contributed by atoms with E-state index in [2.05, 4.69) is 0 Å². The van der Waals surface area contributed by atoms with Crippen molar-refractivity contribution in [3.05, 3.63) is 23.0 Å². The average molecular weight is 197 g/mol. The molecule has 5 heteroatoms. The van der Waals surface area contributed by atoms with Gasteiger partial charge in [-0.3, -0.25) is 4.79 Å². The number of carboxylic acid groups (broad SMARTS) is 1. The number of carbonyl (C=O) groups excluding carboxylic acids is 1. The summed E-state index contributed by atoms with van der Waals surface area (Å²) in [6, 6.07) is 0. The maximum Gasteiger partial charge on any atom is 0.337 e. The van der Waals surface area contributed by atoms with Crippen molar-refractivity contribution in [1.82, 2.24) is 4.57 Å². The third-order valence-corrected chi connectivity index (χ3v) is 1.97. The smallest absolute Gasteiger partial charge is 0.337 e. The van der Waals surface area contributed by atoms with Crippen LogP contribution in [0.1, 0.15) is 26.4 Å². The first-order valence-corrected chi connectivity index (χ1v) is 3.97. The molecular weight excluding hydrogens is 186 g/mol. The van der Waals surface area contributed by atoms with Gasteiger partial charge in [-0.2, -0.15) is 0 Å². The molecule has 0 aliphatic carbocycles. The molecular formula is C9H11NO4. The summed E-state index contributed by atoms with van der Waals surface area (Å²) < 4.78 is 6.32. The van der Waals surface area contributed by atoms with Gasteiger partial charge in [-0.1, -0.05) is 0 Å². The lowest BCUT2D eigenvalue weighted by molar-refractivity contribution is 0.0692. The standard InChI is InChI=1S/C9H11NO4/c1-10-3-6(9(12)13)7(5-14-2)8(10)4-11/h3-4H,5H2,1-2H3,(H,12,13). The monoisotopic (exact) mass is 197 g/mol. The van der Waals surface area contributed by atoms with Crippen LogP contribution in [-0.2, 0) is 18.4 Å². The van der Waals surface area contributed by atoms with Gasteiger partial charge >= 0.3 is 5.97 Å². The Hall–Kier alpha value is -1.62.